The summed E-state index contributed by atoms with van der Waals surface area (Å²) < 4.78 is 63.7. The van der Waals surface area contributed by atoms with Gasteiger partial charge in [-0.25, -0.2) is 9.59 Å². The van der Waals surface area contributed by atoms with E-state index in [1.165, 1.54) is 28.3 Å². The third-order valence-electron chi connectivity index (χ3n) is 16.9. The zero-order valence-electron chi connectivity index (χ0n) is 68.9. The minimum Gasteiger partial charge on any atom is -0.493 e. The first kappa shape index (κ1) is 99.0. The van der Waals surface area contributed by atoms with Gasteiger partial charge in [-0.3, -0.25) is 0 Å². The Hall–Kier alpha value is -10.8. The van der Waals surface area contributed by atoms with E-state index in [1.54, 1.807) is 175 Å². The molecule has 0 amide bonds. The van der Waals surface area contributed by atoms with Gasteiger partial charge in [0.1, 0.15) is 0 Å². The van der Waals surface area contributed by atoms with Crippen molar-refractivity contribution >= 4 is 115 Å². The van der Waals surface area contributed by atoms with Crippen LogP contribution in [0.25, 0.3) is 0 Å². The summed E-state index contributed by atoms with van der Waals surface area (Å²) >= 11 is 18.7. The second kappa shape index (κ2) is 54.5. The Morgan fingerprint density at radius 2 is 0.653 bits per heavy atom. The first-order valence-corrected chi connectivity index (χ1v) is 43.1. The molecule has 632 valence electrons. The van der Waals surface area contributed by atoms with Crippen molar-refractivity contribution in [3.8, 4) is 81.1 Å². The molecule has 19 nitrogen and oxygen atoms in total. The number of carboxylic acids is 2. The van der Waals surface area contributed by atoms with Crippen LogP contribution in [-0.4, -0.2) is 113 Å². The zero-order chi connectivity index (χ0) is 88.0. The minimum absolute atomic E-state index is 0.0382. The molecule has 12 aromatic rings. The Kier molecular flexibility index (Phi) is 44.6. The van der Waals surface area contributed by atoms with Crippen LogP contribution in [0.15, 0.2) is 313 Å². The predicted molar refractivity (Wildman–Crippen MR) is 492 cm³/mol. The SMILES string of the molecule is CCC(C#N)c1ccccc1Sc1ccc(OC)c(OC)c1.COc1ccc(Br)cc1OC.COc1ccc(Sc2ccccc2C(=O)O)cc1OC.COc1ccc(Sc2ccccc2CBr)cc1OC.COc1ccc(Sc2ccccc2CC#N)cc1OC.COc1ccc(Sc2ccccc2CO)cc1OC.O=C(O)c1ccccc1S. The molecule has 0 aliphatic carbocycles. The van der Waals surface area contributed by atoms with Crippen LogP contribution in [0.3, 0.4) is 0 Å². The summed E-state index contributed by atoms with van der Waals surface area (Å²) in [5.41, 5.74) is 4.84. The smallest absolute Gasteiger partial charge is 0.336 e. The van der Waals surface area contributed by atoms with Gasteiger partial charge < -0.3 is 72.2 Å². The number of rotatable bonds is 29. The lowest BCUT2D eigenvalue weighted by atomic mass is 9.98. The van der Waals surface area contributed by atoms with E-state index in [4.69, 9.17) is 72.3 Å². The quantitative estimate of drug-likeness (QED) is 0.0251. The molecule has 27 heteroatoms. The number of aliphatic hydroxyl groups is 1. The van der Waals surface area contributed by atoms with Crippen LogP contribution in [0.4, 0.5) is 0 Å². The van der Waals surface area contributed by atoms with Crippen molar-refractivity contribution in [2.24, 2.45) is 0 Å². The number of aliphatic hydroxyl groups excluding tert-OH is 1. The Bertz CT molecular complexity index is 5260. The van der Waals surface area contributed by atoms with Gasteiger partial charge in [0.25, 0.3) is 0 Å². The molecule has 0 spiro atoms. The molecule has 1 atom stereocenters. The Labute approximate surface area is 751 Å². The normalized spacial score (nSPS) is 10.2. The maximum absolute atomic E-state index is 11.2. The molecule has 0 heterocycles. The number of ether oxygens (including phenoxy) is 12. The zero-order valence-corrected chi connectivity index (χ0v) is 77.0. The number of alkyl halides is 1. The fourth-order valence-corrected chi connectivity index (χ4v) is 16.9. The topological polar surface area (TPSA) is 253 Å². The molecule has 0 radical (unpaired) electrons. The number of thiol groups is 1. The largest absolute Gasteiger partial charge is 0.493 e. The molecular formula is C94H94Br2N2O17S6. The van der Waals surface area contributed by atoms with Crippen LogP contribution >= 0.6 is 103 Å². The van der Waals surface area contributed by atoms with E-state index in [2.05, 4.69) is 87.0 Å². The number of aromatic carboxylic acids is 2. The van der Waals surface area contributed by atoms with Crippen molar-refractivity contribution in [2.45, 2.75) is 91.5 Å². The average molecular weight is 1880 g/mol. The summed E-state index contributed by atoms with van der Waals surface area (Å²) in [6, 6.07) is 84.7. The number of halogens is 2. The molecule has 1 unspecified atom stereocenters. The highest BCUT2D eigenvalue weighted by Gasteiger charge is 2.18. The number of benzene rings is 12. The summed E-state index contributed by atoms with van der Waals surface area (Å²) in [5, 5.41) is 46.0. The third-order valence-corrected chi connectivity index (χ3v) is 23.8. The molecule has 0 aromatic heterocycles. The molecule has 12 aromatic carbocycles. The van der Waals surface area contributed by atoms with E-state index in [0.717, 1.165) is 95.1 Å². The first-order chi connectivity index (χ1) is 58.7. The Balaban J connectivity index is 0.000000221. The van der Waals surface area contributed by atoms with Gasteiger partial charge in [-0.15, -0.1) is 12.6 Å². The fourth-order valence-electron chi connectivity index (χ4n) is 10.8. The average Bonchev–Trinajstić information content (AvgIpc) is 0.818. The van der Waals surface area contributed by atoms with E-state index in [-0.39, 0.29) is 23.7 Å². The highest BCUT2D eigenvalue weighted by atomic mass is 79.9. The van der Waals surface area contributed by atoms with Crippen LogP contribution in [0.1, 0.15) is 62.2 Å². The van der Waals surface area contributed by atoms with Crippen LogP contribution < -0.4 is 56.8 Å². The van der Waals surface area contributed by atoms with Gasteiger partial charge in [0, 0.05) is 63.7 Å². The Morgan fingerprint density at radius 1 is 0.364 bits per heavy atom. The van der Waals surface area contributed by atoms with Gasteiger partial charge in [-0.1, -0.05) is 195 Å². The number of methoxy groups -OCH3 is 12. The van der Waals surface area contributed by atoms with Gasteiger partial charge in [-0.05, 0) is 186 Å². The summed E-state index contributed by atoms with van der Waals surface area (Å²) in [6.07, 6.45) is 1.22. The van der Waals surface area contributed by atoms with Crippen LogP contribution in [0.2, 0.25) is 0 Å². The Morgan fingerprint density at radius 3 is 0.992 bits per heavy atom. The summed E-state index contributed by atoms with van der Waals surface area (Å²) in [5.74, 6) is 6.54. The molecule has 0 saturated carbocycles. The van der Waals surface area contributed by atoms with Crippen molar-refractivity contribution in [1.82, 2.24) is 0 Å². The van der Waals surface area contributed by atoms with E-state index in [0.29, 0.717) is 62.2 Å². The molecule has 0 aliphatic heterocycles. The van der Waals surface area contributed by atoms with E-state index in [9.17, 15) is 20.0 Å². The molecule has 0 bridgehead atoms. The van der Waals surface area contributed by atoms with Crippen molar-refractivity contribution in [2.75, 3.05) is 85.3 Å². The molecule has 0 fully saturated rings. The van der Waals surface area contributed by atoms with Crippen LogP contribution in [0, 0.1) is 22.7 Å². The first-order valence-electron chi connectivity index (χ1n) is 36.7. The van der Waals surface area contributed by atoms with E-state index < -0.39 is 11.9 Å². The predicted octanol–water partition coefficient (Wildman–Crippen LogP) is 24.6. The number of carboxylic acid groups (broad SMARTS) is 2. The second-order valence-electron chi connectivity index (χ2n) is 24.3. The van der Waals surface area contributed by atoms with Crippen molar-refractivity contribution in [3.63, 3.8) is 0 Å². The van der Waals surface area contributed by atoms with Gasteiger partial charge in [0.05, 0.1) is 128 Å². The van der Waals surface area contributed by atoms with E-state index in [1.807, 2.05) is 183 Å². The molecule has 0 saturated heterocycles. The van der Waals surface area contributed by atoms with Crippen molar-refractivity contribution in [1.29, 1.82) is 10.5 Å². The number of hydrogen-bond acceptors (Lipinski definition) is 23. The lowest BCUT2D eigenvalue weighted by Crippen LogP contribution is -1.98. The van der Waals surface area contributed by atoms with Gasteiger partial charge in [-0.2, -0.15) is 10.5 Å². The second-order valence-corrected chi connectivity index (χ2v) is 31.8. The molecule has 121 heavy (non-hydrogen) atoms. The summed E-state index contributed by atoms with van der Waals surface area (Å²) in [7, 11) is 19.4. The highest BCUT2D eigenvalue weighted by Crippen LogP contribution is 2.43. The molecule has 3 N–H and O–H groups in total. The monoisotopic (exact) mass is 1870 g/mol. The van der Waals surface area contributed by atoms with E-state index >= 15 is 0 Å². The minimum atomic E-state index is -0.939. The lowest BCUT2D eigenvalue weighted by molar-refractivity contribution is 0.0682. The number of carbonyl (C=O) groups is 2. The highest BCUT2D eigenvalue weighted by molar-refractivity contribution is 9.10. The number of hydrogen-bond donors (Lipinski definition) is 4. The maximum atomic E-state index is 11.2. The molecular weight excluding hydrogens is 1780 g/mol. The summed E-state index contributed by atoms with van der Waals surface area (Å²) in [6.45, 7) is 2.07. The van der Waals surface area contributed by atoms with Gasteiger partial charge in [0.2, 0.25) is 0 Å². The standard InChI is InChI=1S/C18H19NO2S.C16H15NO2S.C15H15BrO2S.C15H14O4S.C15H16O3S.C8H9BrO2.C7H6O2S/c1-4-13(12-19)15-7-5-6-8-18(15)22-14-9-10-16(20-2)17(11-14)21-3;1-18-14-8-7-13(11-15(14)19-2)20-16-6-4-3-5-12(16)9-10-17;1-17-13-8-7-12(9-14(13)18-2)19-15-6-4-3-5-11(15)10-16;1-18-12-8-7-10(9-13(12)19-2)20-14-6-4-3-5-11(14)15(16)17;1-17-13-8-7-12(9-14(13)18-2)19-15-6-4-3-5-11(15)10-16;1-10-7-4-3-6(9)5-8(7)11-2;8-7(9)5-3-1-2-4-6(5)10/h5-11,13H,4H2,1-3H3;3-8,11H,9H2,1-2H3;3-9H,10H2,1-2H3;3-9H,1-2H3,(H,16,17);3-9,16H,10H2,1-2H3;3-5H,1-2H3;1-4,10H,(H,8,9). The van der Waals surface area contributed by atoms with Gasteiger partial charge in [0.15, 0.2) is 69.0 Å². The molecule has 12 rings (SSSR count). The van der Waals surface area contributed by atoms with Crippen LogP contribution in [0.5, 0.6) is 69.0 Å². The van der Waals surface area contributed by atoms with Crippen LogP contribution in [-0.2, 0) is 18.4 Å². The summed E-state index contributed by atoms with van der Waals surface area (Å²) in [4.78, 5) is 32.4. The number of nitriles is 2. The van der Waals surface area contributed by atoms with Crippen molar-refractivity contribution < 1.29 is 81.8 Å². The van der Waals surface area contributed by atoms with Crippen molar-refractivity contribution in [3.05, 3.63) is 293 Å². The maximum Gasteiger partial charge on any atom is 0.336 e. The lowest BCUT2D eigenvalue weighted by Gasteiger charge is -2.14. The number of nitrogens with zero attached hydrogens (tertiary/aromatic N) is 2. The third kappa shape index (κ3) is 31.3. The molecule has 0 aliphatic rings. The fraction of sp³-hybridized carbons (Fsp3) is 0.191. The van der Waals surface area contributed by atoms with Gasteiger partial charge >= 0.3 is 11.9 Å².